The fourth-order valence-corrected chi connectivity index (χ4v) is 2.74. The lowest BCUT2D eigenvalue weighted by atomic mass is 10.2. The van der Waals surface area contributed by atoms with Crippen LogP contribution in [0, 0.1) is 0 Å². The van der Waals surface area contributed by atoms with Crippen LogP contribution in [0.1, 0.15) is 24.4 Å². The Morgan fingerprint density at radius 2 is 2.00 bits per heavy atom. The number of benzene rings is 1. The van der Waals surface area contributed by atoms with Gasteiger partial charge in [0.2, 0.25) is 11.8 Å². The summed E-state index contributed by atoms with van der Waals surface area (Å²) in [6.07, 6.45) is 1.98. The SMILES string of the molecule is Cn1c(=O)n(C2CC2)c2nc(N)nc(OCc3ccccc3)c21. The van der Waals surface area contributed by atoms with Gasteiger partial charge in [-0.3, -0.25) is 9.13 Å². The number of anilines is 1. The van der Waals surface area contributed by atoms with Crippen molar-refractivity contribution in [2.75, 3.05) is 5.73 Å². The molecule has 2 heterocycles. The molecule has 0 saturated heterocycles. The first-order valence-electron chi connectivity index (χ1n) is 7.56. The van der Waals surface area contributed by atoms with E-state index in [9.17, 15) is 4.79 Å². The highest BCUT2D eigenvalue weighted by Crippen LogP contribution is 2.36. The molecule has 23 heavy (non-hydrogen) atoms. The van der Waals surface area contributed by atoms with Gasteiger partial charge in [-0.05, 0) is 18.4 Å². The van der Waals surface area contributed by atoms with Crippen LogP contribution in [0.2, 0.25) is 0 Å². The van der Waals surface area contributed by atoms with Crippen molar-refractivity contribution < 1.29 is 4.74 Å². The van der Waals surface area contributed by atoms with Crippen LogP contribution in [0.25, 0.3) is 11.2 Å². The monoisotopic (exact) mass is 311 g/mol. The summed E-state index contributed by atoms with van der Waals surface area (Å²) in [5.74, 6) is 0.455. The highest BCUT2D eigenvalue weighted by Gasteiger charge is 2.30. The topological polar surface area (TPSA) is 88.0 Å². The van der Waals surface area contributed by atoms with E-state index >= 15 is 0 Å². The summed E-state index contributed by atoms with van der Waals surface area (Å²) in [5.41, 5.74) is 7.87. The molecule has 3 aromatic rings. The maximum Gasteiger partial charge on any atom is 0.330 e. The second-order valence-corrected chi connectivity index (χ2v) is 5.78. The molecule has 1 aliphatic rings. The Labute approximate surface area is 132 Å². The normalized spacial score (nSPS) is 14.3. The molecular formula is C16H17N5O2. The molecule has 2 aromatic heterocycles. The van der Waals surface area contributed by atoms with E-state index in [-0.39, 0.29) is 17.7 Å². The first-order chi connectivity index (χ1) is 11.1. The zero-order valence-electron chi connectivity index (χ0n) is 12.8. The lowest BCUT2D eigenvalue weighted by Crippen LogP contribution is -2.21. The number of ether oxygens (including phenoxy) is 1. The van der Waals surface area contributed by atoms with E-state index in [1.54, 1.807) is 11.6 Å². The van der Waals surface area contributed by atoms with Gasteiger partial charge in [-0.25, -0.2) is 4.79 Å². The molecule has 1 saturated carbocycles. The molecule has 0 amide bonds. The first kappa shape index (κ1) is 13.8. The van der Waals surface area contributed by atoms with Crippen molar-refractivity contribution in [3.63, 3.8) is 0 Å². The van der Waals surface area contributed by atoms with Crippen LogP contribution in [0.3, 0.4) is 0 Å². The van der Waals surface area contributed by atoms with E-state index in [2.05, 4.69) is 9.97 Å². The summed E-state index contributed by atoms with van der Waals surface area (Å²) in [4.78, 5) is 20.9. The van der Waals surface area contributed by atoms with Crippen LogP contribution in [-0.4, -0.2) is 19.1 Å². The number of hydrogen-bond donors (Lipinski definition) is 1. The summed E-state index contributed by atoms with van der Waals surface area (Å²) in [5, 5.41) is 0. The number of aromatic nitrogens is 4. The average Bonchev–Trinajstić information content (AvgIpc) is 3.34. The Balaban J connectivity index is 1.80. The fraction of sp³-hybridized carbons (Fsp3) is 0.312. The van der Waals surface area contributed by atoms with Crippen LogP contribution >= 0.6 is 0 Å². The van der Waals surface area contributed by atoms with E-state index < -0.39 is 0 Å². The number of imidazole rings is 1. The lowest BCUT2D eigenvalue weighted by Gasteiger charge is -2.08. The zero-order chi connectivity index (χ0) is 16.0. The predicted molar refractivity (Wildman–Crippen MR) is 86.2 cm³/mol. The first-order valence-corrected chi connectivity index (χ1v) is 7.56. The van der Waals surface area contributed by atoms with E-state index in [1.165, 1.54) is 4.57 Å². The minimum absolute atomic E-state index is 0.105. The molecule has 2 N–H and O–H groups in total. The smallest absolute Gasteiger partial charge is 0.330 e. The number of nitrogens with zero attached hydrogens (tertiary/aromatic N) is 4. The highest BCUT2D eigenvalue weighted by molar-refractivity contribution is 5.78. The second-order valence-electron chi connectivity index (χ2n) is 5.78. The number of nitrogen functional groups attached to an aromatic ring is 1. The van der Waals surface area contributed by atoms with Crippen molar-refractivity contribution >= 4 is 17.1 Å². The van der Waals surface area contributed by atoms with Gasteiger partial charge in [0.25, 0.3) is 0 Å². The molecule has 118 valence electrons. The highest BCUT2D eigenvalue weighted by atomic mass is 16.5. The van der Waals surface area contributed by atoms with E-state index in [0.717, 1.165) is 18.4 Å². The maximum absolute atomic E-state index is 12.5. The summed E-state index contributed by atoms with van der Waals surface area (Å²) in [7, 11) is 1.71. The van der Waals surface area contributed by atoms with Crippen LogP contribution < -0.4 is 16.2 Å². The minimum Gasteiger partial charge on any atom is -0.471 e. The molecule has 0 radical (unpaired) electrons. The van der Waals surface area contributed by atoms with Crippen molar-refractivity contribution in [2.45, 2.75) is 25.5 Å². The van der Waals surface area contributed by atoms with Crippen LogP contribution in [0.5, 0.6) is 5.88 Å². The number of nitrogens with two attached hydrogens (primary N) is 1. The number of hydrogen-bond acceptors (Lipinski definition) is 5. The fourth-order valence-electron chi connectivity index (χ4n) is 2.74. The Kier molecular flexibility index (Phi) is 3.07. The van der Waals surface area contributed by atoms with E-state index in [0.29, 0.717) is 23.7 Å². The molecule has 0 bridgehead atoms. The molecular weight excluding hydrogens is 294 g/mol. The molecule has 0 unspecified atom stereocenters. The quantitative estimate of drug-likeness (QED) is 0.791. The van der Waals surface area contributed by atoms with Gasteiger partial charge in [0.15, 0.2) is 11.2 Å². The van der Waals surface area contributed by atoms with E-state index in [4.69, 9.17) is 10.5 Å². The molecule has 4 rings (SSSR count). The third-order valence-corrected chi connectivity index (χ3v) is 4.04. The predicted octanol–water partition coefficient (Wildman–Crippen LogP) is 1.63. The third-order valence-electron chi connectivity index (χ3n) is 4.04. The Hall–Kier alpha value is -2.83. The van der Waals surface area contributed by atoms with Gasteiger partial charge in [0, 0.05) is 13.1 Å². The lowest BCUT2D eigenvalue weighted by molar-refractivity contribution is 0.297. The van der Waals surface area contributed by atoms with Gasteiger partial charge < -0.3 is 10.5 Å². The molecule has 7 heteroatoms. The van der Waals surface area contributed by atoms with Crippen LogP contribution in [-0.2, 0) is 13.7 Å². The Morgan fingerprint density at radius 1 is 1.26 bits per heavy atom. The Morgan fingerprint density at radius 3 is 2.70 bits per heavy atom. The molecule has 0 aliphatic heterocycles. The van der Waals surface area contributed by atoms with Gasteiger partial charge >= 0.3 is 5.69 Å². The number of rotatable bonds is 4. The molecule has 0 spiro atoms. The maximum atomic E-state index is 12.5. The summed E-state index contributed by atoms with van der Waals surface area (Å²) < 4.78 is 9.06. The molecule has 7 nitrogen and oxygen atoms in total. The summed E-state index contributed by atoms with van der Waals surface area (Å²) >= 11 is 0. The number of fused-ring (bicyclic) bond motifs is 1. The standard InChI is InChI=1S/C16H17N5O2/c1-20-12-13(21(16(20)22)11-7-8-11)18-15(17)19-14(12)23-9-10-5-3-2-4-6-10/h2-6,11H,7-9H2,1H3,(H2,17,18,19). The average molecular weight is 311 g/mol. The Bertz CT molecular complexity index is 925. The minimum atomic E-state index is -0.105. The largest absolute Gasteiger partial charge is 0.471 e. The van der Waals surface area contributed by atoms with Crippen molar-refractivity contribution in [1.82, 2.24) is 19.1 Å². The van der Waals surface area contributed by atoms with Crippen LogP contribution in [0.4, 0.5) is 5.95 Å². The summed E-state index contributed by atoms with van der Waals surface area (Å²) in [6.45, 7) is 0.356. The van der Waals surface area contributed by atoms with Gasteiger partial charge in [0.1, 0.15) is 6.61 Å². The van der Waals surface area contributed by atoms with Gasteiger partial charge in [-0.1, -0.05) is 30.3 Å². The third kappa shape index (κ3) is 2.34. The summed E-state index contributed by atoms with van der Waals surface area (Å²) in [6, 6.07) is 9.99. The molecule has 0 atom stereocenters. The van der Waals surface area contributed by atoms with Gasteiger partial charge in [-0.15, -0.1) is 0 Å². The van der Waals surface area contributed by atoms with Gasteiger partial charge in [-0.2, -0.15) is 9.97 Å². The molecule has 1 fully saturated rings. The second kappa shape index (κ2) is 5.12. The molecule has 1 aromatic carbocycles. The molecule has 1 aliphatic carbocycles. The van der Waals surface area contributed by atoms with Crippen LogP contribution in [0.15, 0.2) is 35.1 Å². The number of aryl methyl sites for hydroxylation is 1. The van der Waals surface area contributed by atoms with Gasteiger partial charge in [0.05, 0.1) is 0 Å². The zero-order valence-corrected chi connectivity index (χ0v) is 12.8. The van der Waals surface area contributed by atoms with E-state index in [1.807, 2.05) is 30.3 Å². The van der Waals surface area contributed by atoms with Crippen molar-refractivity contribution in [2.24, 2.45) is 7.05 Å². The van der Waals surface area contributed by atoms with Crippen molar-refractivity contribution in [3.8, 4) is 5.88 Å². The van der Waals surface area contributed by atoms with Crippen molar-refractivity contribution in [1.29, 1.82) is 0 Å². The van der Waals surface area contributed by atoms with Crippen molar-refractivity contribution in [3.05, 3.63) is 46.4 Å².